The molecule has 3 aromatic rings. The standard InChI is InChI=1S/C19H23BrF2N6O2Si/c1-31(2,3)7-6-29-10-28-12-8-23-17(26-15(12)16(20)27-28)13-14(11-4-5-11)24-9-25-18(13)30-19(21)22/h8-9,11,19H,4-7,10H2,1-3H3. The predicted molar refractivity (Wildman–Crippen MR) is 117 cm³/mol. The van der Waals surface area contributed by atoms with E-state index < -0.39 is 14.7 Å². The molecule has 0 bridgehead atoms. The highest BCUT2D eigenvalue weighted by molar-refractivity contribution is 9.10. The second kappa shape index (κ2) is 8.83. The molecule has 1 aliphatic carbocycles. The molecule has 0 aliphatic heterocycles. The van der Waals surface area contributed by atoms with Gasteiger partial charge in [0.1, 0.15) is 29.7 Å². The summed E-state index contributed by atoms with van der Waals surface area (Å²) in [5.41, 5.74) is 2.15. The van der Waals surface area contributed by atoms with Crippen LogP contribution in [0.4, 0.5) is 8.78 Å². The molecule has 8 nitrogen and oxygen atoms in total. The number of rotatable bonds is 9. The summed E-state index contributed by atoms with van der Waals surface area (Å²) in [6.45, 7) is 4.81. The van der Waals surface area contributed by atoms with Crippen LogP contribution in [0.3, 0.4) is 0 Å². The van der Waals surface area contributed by atoms with Crippen LogP contribution >= 0.6 is 15.9 Å². The Balaban J connectivity index is 1.66. The van der Waals surface area contributed by atoms with E-state index in [9.17, 15) is 8.78 Å². The van der Waals surface area contributed by atoms with Crippen LogP contribution in [0.5, 0.6) is 5.88 Å². The number of ether oxygens (including phenoxy) is 2. The van der Waals surface area contributed by atoms with Gasteiger partial charge in [0.05, 0.1) is 11.9 Å². The summed E-state index contributed by atoms with van der Waals surface area (Å²) in [6.07, 6.45) is 4.69. The van der Waals surface area contributed by atoms with Crippen LogP contribution in [0.1, 0.15) is 24.5 Å². The molecule has 0 radical (unpaired) electrons. The fraction of sp³-hybridized carbons (Fsp3) is 0.526. The highest BCUT2D eigenvalue weighted by atomic mass is 79.9. The lowest BCUT2D eigenvalue weighted by molar-refractivity contribution is -0.0525. The molecule has 1 aliphatic rings. The van der Waals surface area contributed by atoms with Crippen molar-refractivity contribution in [1.82, 2.24) is 29.7 Å². The summed E-state index contributed by atoms with van der Waals surface area (Å²) in [6, 6.07) is 1.05. The number of nitrogens with zero attached hydrogens (tertiary/aromatic N) is 6. The van der Waals surface area contributed by atoms with E-state index in [0.29, 0.717) is 33.5 Å². The van der Waals surface area contributed by atoms with Crippen molar-refractivity contribution in [2.45, 2.75) is 57.8 Å². The summed E-state index contributed by atoms with van der Waals surface area (Å²) in [5.74, 6) is 0.179. The maximum absolute atomic E-state index is 13.0. The van der Waals surface area contributed by atoms with E-state index in [4.69, 9.17) is 4.74 Å². The highest BCUT2D eigenvalue weighted by Crippen LogP contribution is 2.45. The van der Waals surface area contributed by atoms with Gasteiger partial charge in [0.15, 0.2) is 10.4 Å². The molecule has 3 heterocycles. The summed E-state index contributed by atoms with van der Waals surface area (Å²) in [7, 11) is -1.18. The smallest absolute Gasteiger partial charge is 0.388 e. The monoisotopic (exact) mass is 512 g/mol. The van der Waals surface area contributed by atoms with Gasteiger partial charge in [-0.25, -0.2) is 24.6 Å². The van der Waals surface area contributed by atoms with Crippen molar-refractivity contribution in [1.29, 1.82) is 0 Å². The van der Waals surface area contributed by atoms with Gasteiger partial charge in [-0.2, -0.15) is 13.9 Å². The zero-order valence-electron chi connectivity index (χ0n) is 17.5. The lowest BCUT2D eigenvalue weighted by Gasteiger charge is -2.15. The molecule has 31 heavy (non-hydrogen) atoms. The lowest BCUT2D eigenvalue weighted by Crippen LogP contribution is -2.22. The second-order valence-electron chi connectivity index (χ2n) is 8.66. The summed E-state index contributed by atoms with van der Waals surface area (Å²) >= 11 is 3.43. The van der Waals surface area contributed by atoms with Crippen molar-refractivity contribution in [3.63, 3.8) is 0 Å². The largest absolute Gasteiger partial charge is 0.416 e. The van der Waals surface area contributed by atoms with Crippen LogP contribution in [-0.2, 0) is 11.5 Å². The summed E-state index contributed by atoms with van der Waals surface area (Å²) in [5, 5.41) is 4.43. The van der Waals surface area contributed by atoms with Crippen LogP contribution in [0, 0.1) is 0 Å². The molecule has 0 atom stereocenters. The molecule has 12 heteroatoms. The van der Waals surface area contributed by atoms with E-state index in [1.165, 1.54) is 6.33 Å². The lowest BCUT2D eigenvalue weighted by atomic mass is 10.1. The van der Waals surface area contributed by atoms with Gasteiger partial charge < -0.3 is 9.47 Å². The zero-order chi connectivity index (χ0) is 22.2. The van der Waals surface area contributed by atoms with E-state index in [1.807, 2.05) is 0 Å². The Morgan fingerprint density at radius 1 is 1.23 bits per heavy atom. The number of aromatic nitrogens is 6. The van der Waals surface area contributed by atoms with Gasteiger partial charge in [-0.1, -0.05) is 19.6 Å². The minimum atomic E-state index is -3.01. The van der Waals surface area contributed by atoms with Crippen molar-refractivity contribution in [2.75, 3.05) is 6.61 Å². The van der Waals surface area contributed by atoms with Gasteiger partial charge in [0.2, 0.25) is 5.88 Å². The van der Waals surface area contributed by atoms with E-state index in [0.717, 1.165) is 18.9 Å². The minimum Gasteiger partial charge on any atom is -0.416 e. The normalized spacial score (nSPS) is 14.5. The summed E-state index contributed by atoms with van der Waals surface area (Å²) < 4.78 is 38.5. The molecule has 166 valence electrons. The second-order valence-corrected chi connectivity index (χ2v) is 15.0. The van der Waals surface area contributed by atoms with Gasteiger partial charge in [-0.3, -0.25) is 0 Å². The third kappa shape index (κ3) is 5.24. The zero-order valence-corrected chi connectivity index (χ0v) is 20.1. The average molecular weight is 513 g/mol. The number of fused-ring (bicyclic) bond motifs is 1. The molecule has 0 unspecified atom stereocenters. The maximum Gasteiger partial charge on any atom is 0.388 e. The number of hydrogen-bond donors (Lipinski definition) is 0. The number of hydrogen-bond acceptors (Lipinski definition) is 7. The molecule has 1 saturated carbocycles. The van der Waals surface area contributed by atoms with Crippen LogP contribution < -0.4 is 4.74 Å². The molecule has 0 saturated heterocycles. The maximum atomic E-state index is 13.0. The molecular weight excluding hydrogens is 490 g/mol. The van der Waals surface area contributed by atoms with E-state index >= 15 is 0 Å². The van der Waals surface area contributed by atoms with Crippen molar-refractivity contribution in [3.05, 3.63) is 22.8 Å². The highest BCUT2D eigenvalue weighted by Gasteiger charge is 2.32. The van der Waals surface area contributed by atoms with Gasteiger partial charge in [0, 0.05) is 20.6 Å². The van der Waals surface area contributed by atoms with Gasteiger partial charge in [-0.05, 0) is 34.8 Å². The molecule has 0 amide bonds. The van der Waals surface area contributed by atoms with Gasteiger partial charge in [-0.15, -0.1) is 0 Å². The Labute approximate surface area is 187 Å². The minimum absolute atomic E-state index is 0.170. The first-order valence-corrected chi connectivity index (χ1v) is 14.5. The number of alkyl halides is 2. The molecule has 0 aromatic carbocycles. The van der Waals surface area contributed by atoms with Crippen LogP contribution in [-0.4, -0.2) is 51.0 Å². The molecule has 0 N–H and O–H groups in total. The first kappa shape index (κ1) is 22.2. The topological polar surface area (TPSA) is 87.8 Å². The Bertz CT molecular complexity index is 1090. The Hall–Kier alpha value is -2.05. The first-order valence-electron chi connectivity index (χ1n) is 10.00. The quantitative estimate of drug-likeness (QED) is 0.299. The first-order chi connectivity index (χ1) is 14.7. The Morgan fingerprint density at radius 2 is 2.00 bits per heavy atom. The molecule has 3 aromatic heterocycles. The third-order valence-electron chi connectivity index (χ3n) is 4.89. The van der Waals surface area contributed by atoms with Crippen molar-refractivity contribution < 1.29 is 18.3 Å². The van der Waals surface area contributed by atoms with Crippen LogP contribution in [0.15, 0.2) is 17.1 Å². The van der Waals surface area contributed by atoms with E-state index in [-0.39, 0.29) is 24.4 Å². The SMILES string of the molecule is C[Si](C)(C)CCOCn1nc(Br)c2nc(-c3c(OC(F)F)ncnc3C3CC3)ncc21. The number of halogens is 3. The van der Waals surface area contributed by atoms with Crippen LogP contribution in [0.2, 0.25) is 25.7 Å². The van der Waals surface area contributed by atoms with E-state index in [1.54, 1.807) is 10.9 Å². The molecular formula is C19H23BrF2N6O2Si. The van der Waals surface area contributed by atoms with Crippen molar-refractivity contribution >= 4 is 35.0 Å². The third-order valence-corrected chi connectivity index (χ3v) is 7.13. The molecule has 0 spiro atoms. The predicted octanol–water partition coefficient (Wildman–Crippen LogP) is 4.84. The fourth-order valence-electron chi connectivity index (χ4n) is 3.10. The van der Waals surface area contributed by atoms with Gasteiger partial charge >= 0.3 is 6.61 Å². The Morgan fingerprint density at radius 3 is 2.68 bits per heavy atom. The molecule has 1 fully saturated rings. The Kier molecular flexibility index (Phi) is 6.31. The van der Waals surface area contributed by atoms with E-state index in [2.05, 4.69) is 65.3 Å². The van der Waals surface area contributed by atoms with Crippen molar-refractivity contribution in [2.24, 2.45) is 0 Å². The van der Waals surface area contributed by atoms with Gasteiger partial charge in [0.25, 0.3) is 0 Å². The average Bonchev–Trinajstić information content (AvgIpc) is 3.49. The van der Waals surface area contributed by atoms with Crippen molar-refractivity contribution in [3.8, 4) is 17.3 Å². The summed E-state index contributed by atoms with van der Waals surface area (Å²) in [4.78, 5) is 17.2. The fourth-order valence-corrected chi connectivity index (χ4v) is 4.34. The molecule has 4 rings (SSSR count). The van der Waals surface area contributed by atoms with Crippen LogP contribution in [0.25, 0.3) is 22.4 Å².